The second-order valence-corrected chi connectivity index (χ2v) is 6.09. The first-order valence-corrected chi connectivity index (χ1v) is 7.93. The summed E-state index contributed by atoms with van der Waals surface area (Å²) < 4.78 is 10.5. The number of nitrogens with zero attached hydrogens (tertiary/aromatic N) is 1. The molecule has 122 valence electrons. The summed E-state index contributed by atoms with van der Waals surface area (Å²) in [6.07, 6.45) is 0. The van der Waals surface area contributed by atoms with E-state index in [1.54, 1.807) is 12.1 Å². The number of carbonyl (C=O) groups excluding carboxylic acids is 1. The molecule has 4 nitrogen and oxygen atoms in total. The maximum atomic E-state index is 12.1. The number of esters is 1. The van der Waals surface area contributed by atoms with Crippen molar-refractivity contribution in [1.29, 1.82) is 0 Å². The predicted molar refractivity (Wildman–Crippen MR) is 92.3 cm³/mol. The Hall–Kier alpha value is -2.30. The lowest BCUT2D eigenvalue weighted by atomic mass is 10.1. The molecule has 1 heterocycles. The summed E-state index contributed by atoms with van der Waals surface area (Å²) in [5, 5.41) is 4.61. The minimum Gasteiger partial charge on any atom is -0.455 e. The molecule has 0 bridgehead atoms. The van der Waals surface area contributed by atoms with Crippen LogP contribution in [-0.2, 0) is 11.3 Å². The highest BCUT2D eigenvalue weighted by molar-refractivity contribution is 6.36. The van der Waals surface area contributed by atoms with Gasteiger partial charge in [-0.1, -0.05) is 58.2 Å². The van der Waals surface area contributed by atoms with Gasteiger partial charge in [0.05, 0.1) is 10.6 Å². The molecule has 0 radical (unpaired) electrons. The van der Waals surface area contributed by atoms with E-state index in [0.717, 1.165) is 11.1 Å². The average molecular weight is 362 g/mol. The number of aryl methyl sites for hydroxylation is 1. The summed E-state index contributed by atoms with van der Waals surface area (Å²) in [5.41, 5.74) is 2.84. The molecule has 24 heavy (non-hydrogen) atoms. The number of halogens is 2. The molecule has 2 aromatic carbocycles. The Kier molecular flexibility index (Phi) is 4.88. The van der Waals surface area contributed by atoms with Crippen LogP contribution in [0.3, 0.4) is 0 Å². The highest BCUT2D eigenvalue weighted by Crippen LogP contribution is 2.23. The largest absolute Gasteiger partial charge is 0.455 e. The minimum absolute atomic E-state index is 0.00680. The van der Waals surface area contributed by atoms with Crippen LogP contribution in [0.2, 0.25) is 10.0 Å². The van der Waals surface area contributed by atoms with Crippen LogP contribution in [0.5, 0.6) is 0 Å². The third-order valence-corrected chi connectivity index (χ3v) is 3.95. The topological polar surface area (TPSA) is 52.3 Å². The second kappa shape index (κ2) is 7.07. The summed E-state index contributed by atoms with van der Waals surface area (Å²) in [5.74, 6) is 0.0714. The first kappa shape index (κ1) is 16.6. The van der Waals surface area contributed by atoms with Crippen molar-refractivity contribution in [2.24, 2.45) is 0 Å². The van der Waals surface area contributed by atoms with Crippen molar-refractivity contribution in [1.82, 2.24) is 5.16 Å². The van der Waals surface area contributed by atoms with E-state index in [2.05, 4.69) is 5.16 Å². The molecule has 0 saturated heterocycles. The van der Waals surface area contributed by atoms with Gasteiger partial charge in [-0.15, -0.1) is 0 Å². The first-order valence-electron chi connectivity index (χ1n) is 7.18. The third kappa shape index (κ3) is 3.78. The normalized spacial score (nSPS) is 10.6. The molecular formula is C18H13Cl2NO3. The molecule has 0 saturated carbocycles. The van der Waals surface area contributed by atoms with Crippen molar-refractivity contribution >= 4 is 29.2 Å². The molecular weight excluding hydrogens is 349 g/mol. The Morgan fingerprint density at radius 3 is 2.58 bits per heavy atom. The van der Waals surface area contributed by atoms with Crippen molar-refractivity contribution < 1.29 is 14.1 Å². The van der Waals surface area contributed by atoms with E-state index < -0.39 is 5.97 Å². The van der Waals surface area contributed by atoms with Crippen molar-refractivity contribution in [2.45, 2.75) is 13.5 Å². The van der Waals surface area contributed by atoms with Crippen LogP contribution in [-0.4, -0.2) is 11.1 Å². The number of hydrogen-bond acceptors (Lipinski definition) is 4. The summed E-state index contributed by atoms with van der Waals surface area (Å²) in [4.78, 5) is 12.1. The Balaban J connectivity index is 1.67. The van der Waals surface area contributed by atoms with Gasteiger partial charge in [-0.2, -0.15) is 0 Å². The minimum atomic E-state index is -0.545. The van der Waals surface area contributed by atoms with Gasteiger partial charge in [0.25, 0.3) is 0 Å². The molecule has 3 aromatic rings. The average Bonchev–Trinajstić information content (AvgIpc) is 3.02. The summed E-state index contributed by atoms with van der Waals surface area (Å²) in [6, 6.07) is 14.2. The molecule has 0 amide bonds. The SMILES string of the molecule is Cc1ccc(-c2cc(COC(=O)c3ccc(Cl)cc3Cl)no2)cc1. The molecule has 0 unspecified atom stereocenters. The second-order valence-electron chi connectivity index (χ2n) is 5.25. The van der Waals surface area contributed by atoms with E-state index in [1.165, 1.54) is 12.1 Å². The highest BCUT2D eigenvalue weighted by atomic mass is 35.5. The molecule has 0 aliphatic rings. The Morgan fingerprint density at radius 2 is 1.88 bits per heavy atom. The standard InChI is InChI=1S/C18H13Cl2NO3/c1-11-2-4-12(5-3-11)17-9-14(21-24-17)10-23-18(22)15-7-6-13(19)8-16(15)20/h2-9H,10H2,1H3. The maximum Gasteiger partial charge on any atom is 0.340 e. The molecule has 1 aromatic heterocycles. The Labute approximate surface area is 148 Å². The molecule has 0 aliphatic heterocycles. The summed E-state index contributed by atoms with van der Waals surface area (Å²) >= 11 is 11.8. The lowest BCUT2D eigenvalue weighted by molar-refractivity contribution is 0.0464. The summed E-state index contributed by atoms with van der Waals surface area (Å²) in [7, 11) is 0. The fraction of sp³-hybridized carbons (Fsp3) is 0.111. The van der Waals surface area contributed by atoms with Crippen LogP contribution >= 0.6 is 23.2 Å². The van der Waals surface area contributed by atoms with Gasteiger partial charge in [0.1, 0.15) is 12.3 Å². The maximum absolute atomic E-state index is 12.1. The van der Waals surface area contributed by atoms with Gasteiger partial charge in [-0.05, 0) is 25.1 Å². The smallest absolute Gasteiger partial charge is 0.340 e. The van der Waals surface area contributed by atoms with Gasteiger partial charge in [0.2, 0.25) is 0 Å². The van der Waals surface area contributed by atoms with Gasteiger partial charge in [0, 0.05) is 16.7 Å². The molecule has 0 fully saturated rings. The third-order valence-electron chi connectivity index (χ3n) is 3.40. The van der Waals surface area contributed by atoms with Gasteiger partial charge in [-0.3, -0.25) is 0 Å². The van der Waals surface area contributed by atoms with Crippen LogP contribution in [0, 0.1) is 6.92 Å². The van der Waals surface area contributed by atoms with Crippen molar-refractivity contribution in [3.05, 3.63) is 75.4 Å². The van der Waals surface area contributed by atoms with Gasteiger partial charge in [-0.25, -0.2) is 4.79 Å². The van der Waals surface area contributed by atoms with Crippen molar-refractivity contribution in [3.8, 4) is 11.3 Å². The molecule has 0 spiro atoms. The number of hydrogen-bond donors (Lipinski definition) is 0. The predicted octanol–water partition coefficient (Wildman–Crippen LogP) is 5.31. The van der Waals surface area contributed by atoms with E-state index in [0.29, 0.717) is 16.5 Å². The zero-order valence-corrected chi connectivity index (χ0v) is 14.3. The monoisotopic (exact) mass is 361 g/mol. The number of rotatable bonds is 4. The van der Waals surface area contributed by atoms with E-state index in [4.69, 9.17) is 32.5 Å². The highest BCUT2D eigenvalue weighted by Gasteiger charge is 2.14. The molecule has 6 heteroatoms. The van der Waals surface area contributed by atoms with Gasteiger partial charge < -0.3 is 9.26 Å². The van der Waals surface area contributed by atoms with Crippen molar-refractivity contribution in [3.63, 3.8) is 0 Å². The van der Waals surface area contributed by atoms with Crippen LogP contribution in [0.4, 0.5) is 0 Å². The fourth-order valence-electron chi connectivity index (χ4n) is 2.11. The number of benzene rings is 2. The van der Waals surface area contributed by atoms with E-state index in [1.807, 2.05) is 31.2 Å². The quantitative estimate of drug-likeness (QED) is 0.590. The summed E-state index contributed by atoms with van der Waals surface area (Å²) in [6.45, 7) is 2.00. The zero-order chi connectivity index (χ0) is 17.1. The van der Waals surface area contributed by atoms with Crippen LogP contribution in [0.15, 0.2) is 53.1 Å². The Morgan fingerprint density at radius 1 is 1.12 bits per heavy atom. The lowest BCUT2D eigenvalue weighted by Crippen LogP contribution is -2.06. The first-order chi connectivity index (χ1) is 11.5. The molecule has 0 atom stereocenters. The number of ether oxygens (including phenoxy) is 1. The van der Waals surface area contributed by atoms with E-state index in [9.17, 15) is 4.79 Å². The molecule has 0 N–H and O–H groups in total. The van der Waals surface area contributed by atoms with E-state index in [-0.39, 0.29) is 17.2 Å². The van der Waals surface area contributed by atoms with Crippen LogP contribution < -0.4 is 0 Å². The zero-order valence-electron chi connectivity index (χ0n) is 12.8. The van der Waals surface area contributed by atoms with Crippen LogP contribution in [0.25, 0.3) is 11.3 Å². The van der Waals surface area contributed by atoms with Gasteiger partial charge in [0.15, 0.2) is 5.76 Å². The molecule has 0 aliphatic carbocycles. The van der Waals surface area contributed by atoms with Crippen LogP contribution in [0.1, 0.15) is 21.6 Å². The fourth-order valence-corrected chi connectivity index (χ4v) is 2.59. The van der Waals surface area contributed by atoms with Gasteiger partial charge >= 0.3 is 5.97 Å². The van der Waals surface area contributed by atoms with Crippen molar-refractivity contribution in [2.75, 3.05) is 0 Å². The van der Waals surface area contributed by atoms with E-state index >= 15 is 0 Å². The number of carbonyl (C=O) groups is 1. The number of aromatic nitrogens is 1. The lowest BCUT2D eigenvalue weighted by Gasteiger charge is -2.04. The Bertz CT molecular complexity index is 872. The molecule has 3 rings (SSSR count).